The lowest BCUT2D eigenvalue weighted by Gasteiger charge is -1.97. The van der Waals surface area contributed by atoms with Crippen LogP contribution in [0, 0.1) is 0 Å². The highest BCUT2D eigenvalue weighted by molar-refractivity contribution is 7.15. The molecule has 2 aromatic rings. The van der Waals surface area contributed by atoms with Gasteiger partial charge in [-0.3, -0.25) is 4.40 Å². The molecular weight excluding hydrogens is 180 g/mol. The Bertz CT molecular complexity index is 437. The van der Waals surface area contributed by atoms with Crippen LogP contribution < -0.4 is 0 Å². The summed E-state index contributed by atoms with van der Waals surface area (Å²) in [6.45, 7) is 2.22. The van der Waals surface area contributed by atoms with Gasteiger partial charge < -0.3 is 0 Å². The van der Waals surface area contributed by atoms with E-state index in [-0.39, 0.29) is 0 Å². The summed E-state index contributed by atoms with van der Waals surface area (Å²) in [5.74, 6) is 0.780. The lowest BCUT2D eigenvalue weighted by atomic mass is 10.2. The molecule has 1 aliphatic rings. The number of nitrogens with zero attached hydrogens (tertiary/aromatic N) is 2. The third kappa shape index (κ3) is 1.03. The lowest BCUT2D eigenvalue weighted by Crippen LogP contribution is -1.91. The van der Waals surface area contributed by atoms with E-state index >= 15 is 0 Å². The van der Waals surface area contributed by atoms with Crippen LogP contribution >= 0.6 is 11.3 Å². The standard InChI is InChI=1S/C10H12N2S/c1-2-8-9(7-3-4-7)11-10-12(8)5-6-13-10/h5-7H,2-4H2,1H3. The topological polar surface area (TPSA) is 17.3 Å². The van der Waals surface area contributed by atoms with Crippen LogP contribution in [-0.4, -0.2) is 9.38 Å². The molecule has 0 atom stereocenters. The van der Waals surface area contributed by atoms with Crippen molar-refractivity contribution in [3.8, 4) is 0 Å². The maximum atomic E-state index is 4.69. The number of thiazole rings is 1. The van der Waals surface area contributed by atoms with Crippen LogP contribution in [0.4, 0.5) is 0 Å². The summed E-state index contributed by atoms with van der Waals surface area (Å²) < 4.78 is 2.25. The lowest BCUT2D eigenvalue weighted by molar-refractivity contribution is 0.938. The minimum atomic E-state index is 0.780. The van der Waals surface area contributed by atoms with E-state index < -0.39 is 0 Å². The normalized spacial score (nSPS) is 17.0. The van der Waals surface area contributed by atoms with Crippen molar-refractivity contribution in [1.82, 2.24) is 9.38 Å². The van der Waals surface area contributed by atoms with Gasteiger partial charge in [-0.05, 0) is 19.3 Å². The van der Waals surface area contributed by atoms with E-state index in [0.717, 1.165) is 12.3 Å². The largest absolute Gasteiger partial charge is 0.294 e. The molecule has 0 aromatic carbocycles. The molecular formula is C10H12N2S. The fourth-order valence-electron chi connectivity index (χ4n) is 1.88. The molecule has 0 radical (unpaired) electrons. The number of imidazole rings is 1. The average Bonchev–Trinajstić information content (AvgIpc) is 2.76. The molecule has 2 aromatic heterocycles. The van der Waals surface area contributed by atoms with Gasteiger partial charge in [-0.2, -0.15) is 0 Å². The fraction of sp³-hybridized carbons (Fsp3) is 0.500. The van der Waals surface area contributed by atoms with E-state index in [1.54, 1.807) is 11.3 Å². The van der Waals surface area contributed by atoms with Crippen LogP contribution in [0.15, 0.2) is 11.6 Å². The van der Waals surface area contributed by atoms with E-state index in [4.69, 9.17) is 0 Å². The summed E-state index contributed by atoms with van der Waals surface area (Å²) in [4.78, 5) is 5.85. The van der Waals surface area contributed by atoms with Crippen molar-refractivity contribution in [2.24, 2.45) is 0 Å². The molecule has 68 valence electrons. The Morgan fingerprint density at radius 3 is 3.15 bits per heavy atom. The quantitative estimate of drug-likeness (QED) is 0.715. The van der Waals surface area contributed by atoms with Crippen molar-refractivity contribution < 1.29 is 0 Å². The molecule has 0 amide bonds. The molecule has 0 spiro atoms. The van der Waals surface area contributed by atoms with Gasteiger partial charge in [-0.25, -0.2) is 4.98 Å². The molecule has 2 nitrogen and oxygen atoms in total. The van der Waals surface area contributed by atoms with E-state index in [2.05, 4.69) is 27.9 Å². The zero-order valence-corrected chi connectivity index (χ0v) is 8.47. The first-order valence-corrected chi connectivity index (χ1v) is 5.72. The predicted molar refractivity (Wildman–Crippen MR) is 54.4 cm³/mol. The summed E-state index contributed by atoms with van der Waals surface area (Å²) in [6.07, 6.45) is 5.93. The third-order valence-corrected chi connectivity index (χ3v) is 3.45. The molecule has 0 bridgehead atoms. The Hall–Kier alpha value is -0.830. The van der Waals surface area contributed by atoms with Gasteiger partial charge >= 0.3 is 0 Å². The second kappa shape index (κ2) is 2.58. The molecule has 0 saturated heterocycles. The Labute approximate surface area is 81.2 Å². The molecule has 13 heavy (non-hydrogen) atoms. The average molecular weight is 192 g/mol. The minimum Gasteiger partial charge on any atom is -0.294 e. The maximum absolute atomic E-state index is 4.69. The summed E-state index contributed by atoms with van der Waals surface area (Å²) in [7, 11) is 0. The summed E-state index contributed by atoms with van der Waals surface area (Å²) >= 11 is 1.73. The first kappa shape index (κ1) is 7.56. The molecule has 1 aliphatic carbocycles. The van der Waals surface area contributed by atoms with Crippen LogP contribution in [0.2, 0.25) is 0 Å². The highest BCUT2D eigenvalue weighted by Crippen LogP contribution is 2.41. The van der Waals surface area contributed by atoms with E-state index in [0.29, 0.717) is 0 Å². The second-order valence-electron chi connectivity index (χ2n) is 3.63. The maximum Gasteiger partial charge on any atom is 0.194 e. The Morgan fingerprint density at radius 1 is 1.62 bits per heavy atom. The van der Waals surface area contributed by atoms with Gasteiger partial charge in [0.1, 0.15) is 0 Å². The van der Waals surface area contributed by atoms with Gasteiger partial charge in [-0.15, -0.1) is 11.3 Å². The first-order chi connectivity index (χ1) is 6.40. The fourth-order valence-corrected chi connectivity index (χ4v) is 2.62. The van der Waals surface area contributed by atoms with Crippen LogP contribution in [0.1, 0.15) is 37.1 Å². The van der Waals surface area contributed by atoms with Crippen molar-refractivity contribution in [2.45, 2.75) is 32.1 Å². The van der Waals surface area contributed by atoms with Gasteiger partial charge in [0.15, 0.2) is 4.96 Å². The molecule has 3 heteroatoms. The summed E-state index contributed by atoms with van der Waals surface area (Å²) in [5, 5.41) is 2.11. The highest BCUT2D eigenvalue weighted by Gasteiger charge is 2.29. The van der Waals surface area contributed by atoms with Gasteiger partial charge in [0.05, 0.1) is 5.69 Å². The number of aryl methyl sites for hydroxylation is 1. The number of hydrogen-bond donors (Lipinski definition) is 0. The van der Waals surface area contributed by atoms with Crippen molar-refractivity contribution in [3.63, 3.8) is 0 Å². The number of hydrogen-bond acceptors (Lipinski definition) is 2. The number of aromatic nitrogens is 2. The van der Waals surface area contributed by atoms with Crippen molar-refractivity contribution >= 4 is 16.3 Å². The summed E-state index contributed by atoms with van der Waals surface area (Å²) in [6, 6.07) is 0. The highest BCUT2D eigenvalue weighted by atomic mass is 32.1. The Morgan fingerprint density at radius 2 is 2.46 bits per heavy atom. The molecule has 3 rings (SSSR count). The van der Waals surface area contributed by atoms with E-state index in [1.807, 2.05) is 0 Å². The predicted octanol–water partition coefficient (Wildman–Crippen LogP) is 2.84. The minimum absolute atomic E-state index is 0.780. The van der Waals surface area contributed by atoms with Gasteiger partial charge in [0.25, 0.3) is 0 Å². The molecule has 0 unspecified atom stereocenters. The molecule has 2 heterocycles. The zero-order valence-electron chi connectivity index (χ0n) is 7.66. The van der Waals surface area contributed by atoms with Crippen LogP contribution in [0.5, 0.6) is 0 Å². The van der Waals surface area contributed by atoms with Crippen molar-refractivity contribution in [3.05, 3.63) is 23.0 Å². The van der Waals surface area contributed by atoms with E-state index in [9.17, 15) is 0 Å². The molecule has 0 aliphatic heterocycles. The van der Waals surface area contributed by atoms with Crippen LogP contribution in [0.3, 0.4) is 0 Å². The van der Waals surface area contributed by atoms with Crippen molar-refractivity contribution in [2.75, 3.05) is 0 Å². The first-order valence-electron chi connectivity index (χ1n) is 4.84. The van der Waals surface area contributed by atoms with Gasteiger partial charge in [0.2, 0.25) is 0 Å². The molecule has 1 fully saturated rings. The molecule has 1 saturated carbocycles. The SMILES string of the molecule is CCc1c(C2CC2)nc2sccn12. The monoisotopic (exact) mass is 192 g/mol. The smallest absolute Gasteiger partial charge is 0.194 e. The Kier molecular flexibility index (Phi) is 1.50. The van der Waals surface area contributed by atoms with E-state index in [1.165, 1.54) is 29.2 Å². The van der Waals surface area contributed by atoms with Crippen LogP contribution in [-0.2, 0) is 6.42 Å². The van der Waals surface area contributed by atoms with Gasteiger partial charge in [0, 0.05) is 23.2 Å². The third-order valence-electron chi connectivity index (χ3n) is 2.69. The zero-order chi connectivity index (χ0) is 8.84. The second-order valence-corrected chi connectivity index (χ2v) is 4.50. The number of rotatable bonds is 2. The van der Waals surface area contributed by atoms with Crippen molar-refractivity contribution in [1.29, 1.82) is 0 Å². The van der Waals surface area contributed by atoms with Gasteiger partial charge in [-0.1, -0.05) is 6.92 Å². The Balaban J connectivity index is 2.25. The summed E-state index contributed by atoms with van der Waals surface area (Å²) in [5.41, 5.74) is 2.80. The van der Waals surface area contributed by atoms with Crippen LogP contribution in [0.25, 0.3) is 4.96 Å². The molecule has 0 N–H and O–H groups in total. The number of fused-ring (bicyclic) bond motifs is 1.